The van der Waals surface area contributed by atoms with Gasteiger partial charge in [-0.3, -0.25) is 4.79 Å². The van der Waals surface area contributed by atoms with Crippen molar-refractivity contribution in [2.45, 2.75) is 46.3 Å². The fraction of sp³-hybridized carbons (Fsp3) is 0.280. The number of benzene rings is 3. The molecule has 0 bridgehead atoms. The van der Waals surface area contributed by atoms with Crippen LogP contribution in [0.3, 0.4) is 0 Å². The molecule has 0 aliphatic heterocycles. The summed E-state index contributed by atoms with van der Waals surface area (Å²) in [5, 5.41) is 2.10. The lowest BCUT2D eigenvalue weighted by atomic mass is 9.85. The number of hydrogen-bond acceptors (Lipinski definition) is 2. The Bertz CT molecular complexity index is 1080. The second-order valence-corrected chi connectivity index (χ2v) is 8.05. The highest BCUT2D eigenvalue weighted by molar-refractivity contribution is 6.03. The van der Waals surface area contributed by atoms with E-state index in [4.69, 9.17) is 11.3 Å². The number of carbonyl (C=O) groups is 1. The Kier molecular flexibility index (Phi) is 5.36. The number of ether oxygens (including phenoxy) is 1. The molecule has 3 aromatic carbocycles. The van der Waals surface area contributed by atoms with Gasteiger partial charge in [0.2, 0.25) is 0 Å². The van der Waals surface area contributed by atoms with Crippen LogP contribution >= 0.6 is 0 Å². The molecule has 3 aromatic rings. The molecule has 3 nitrogen and oxygen atoms in total. The van der Waals surface area contributed by atoms with Crippen molar-refractivity contribution in [2.24, 2.45) is 0 Å². The number of aryl methyl sites for hydroxylation is 1. The molecule has 3 heteroatoms. The lowest BCUT2D eigenvalue weighted by Crippen LogP contribution is -2.27. The van der Waals surface area contributed by atoms with E-state index >= 15 is 0 Å². The van der Waals surface area contributed by atoms with Gasteiger partial charge in [-0.25, -0.2) is 4.85 Å². The second-order valence-electron chi connectivity index (χ2n) is 8.05. The summed E-state index contributed by atoms with van der Waals surface area (Å²) in [6.45, 7) is 17.1. The quantitative estimate of drug-likeness (QED) is 0.472. The highest BCUT2D eigenvalue weighted by Crippen LogP contribution is 2.43. The van der Waals surface area contributed by atoms with Crippen molar-refractivity contribution in [3.63, 3.8) is 0 Å². The first-order chi connectivity index (χ1) is 13.2. The van der Waals surface area contributed by atoms with Crippen LogP contribution in [-0.2, 0) is 9.53 Å². The number of carbonyl (C=O) groups excluding carboxylic acids is 1. The average molecular weight is 371 g/mol. The molecule has 142 valence electrons. The number of rotatable bonds is 4. The molecule has 0 aliphatic rings. The molecule has 0 spiro atoms. The molecule has 0 aliphatic carbocycles. The topological polar surface area (TPSA) is 30.7 Å². The molecule has 0 heterocycles. The molecule has 0 fully saturated rings. The van der Waals surface area contributed by atoms with Gasteiger partial charge in [-0.1, -0.05) is 54.6 Å². The summed E-state index contributed by atoms with van der Waals surface area (Å²) < 4.78 is 6.22. The third-order valence-electron chi connectivity index (χ3n) is 4.69. The van der Waals surface area contributed by atoms with Crippen LogP contribution in [0.15, 0.2) is 54.6 Å². The van der Waals surface area contributed by atoms with E-state index in [9.17, 15) is 4.79 Å². The highest BCUT2D eigenvalue weighted by Gasteiger charge is 2.29. The number of hydrogen-bond donors (Lipinski definition) is 0. The molecule has 0 unspecified atom stereocenters. The van der Waals surface area contributed by atoms with Crippen molar-refractivity contribution in [1.29, 1.82) is 0 Å². The van der Waals surface area contributed by atoms with Crippen LogP contribution in [0.5, 0.6) is 0 Å². The summed E-state index contributed by atoms with van der Waals surface area (Å²) in [5.74, 6) is -0.0464. The van der Waals surface area contributed by atoms with Crippen LogP contribution in [0.25, 0.3) is 26.7 Å². The maximum atomic E-state index is 12.7. The number of fused-ring (bicyclic) bond motifs is 1. The first kappa shape index (κ1) is 19.8. The van der Waals surface area contributed by atoms with Gasteiger partial charge in [0, 0.05) is 0 Å². The SMILES string of the molecule is [C-]#[N+]c1ccccc1-c1c([C@H](OC(C)(C)C)C(C)=O)c(C)cc2ccccc12. The zero-order chi connectivity index (χ0) is 20.5. The largest absolute Gasteiger partial charge is 0.360 e. The van der Waals surface area contributed by atoms with Crippen molar-refractivity contribution in [1.82, 2.24) is 0 Å². The summed E-state index contributed by atoms with van der Waals surface area (Å²) >= 11 is 0. The van der Waals surface area contributed by atoms with Gasteiger partial charge in [0.1, 0.15) is 6.10 Å². The first-order valence-corrected chi connectivity index (χ1v) is 9.40. The third-order valence-corrected chi connectivity index (χ3v) is 4.69. The fourth-order valence-corrected chi connectivity index (χ4v) is 3.61. The normalized spacial score (nSPS) is 12.6. The van der Waals surface area contributed by atoms with E-state index < -0.39 is 11.7 Å². The Balaban J connectivity index is 2.45. The van der Waals surface area contributed by atoms with Gasteiger partial charge in [0.05, 0.1) is 12.2 Å². The molecule has 1 atom stereocenters. The number of para-hydroxylation sites is 1. The van der Waals surface area contributed by atoms with Gasteiger partial charge in [-0.2, -0.15) is 0 Å². The van der Waals surface area contributed by atoms with Gasteiger partial charge >= 0.3 is 0 Å². The Hall–Kier alpha value is -2.96. The van der Waals surface area contributed by atoms with E-state index in [1.54, 1.807) is 6.92 Å². The summed E-state index contributed by atoms with van der Waals surface area (Å²) in [5.41, 5.74) is 3.65. The molecular weight excluding hydrogens is 346 g/mol. The van der Waals surface area contributed by atoms with Crippen molar-refractivity contribution in [3.05, 3.63) is 77.1 Å². The number of Topliss-reactive ketones (excluding diaryl/α,β-unsaturated/α-hetero) is 1. The fourth-order valence-electron chi connectivity index (χ4n) is 3.61. The number of ketones is 1. The molecular formula is C25H25NO2. The molecule has 0 saturated carbocycles. The zero-order valence-corrected chi connectivity index (χ0v) is 17.0. The van der Waals surface area contributed by atoms with E-state index in [-0.39, 0.29) is 5.78 Å². The molecule has 0 N–H and O–H groups in total. The Morgan fingerprint density at radius 2 is 1.71 bits per heavy atom. The van der Waals surface area contributed by atoms with Crippen LogP contribution in [0.4, 0.5) is 5.69 Å². The summed E-state index contributed by atoms with van der Waals surface area (Å²) in [6.07, 6.45) is -0.696. The van der Waals surface area contributed by atoms with Crippen molar-refractivity contribution in [3.8, 4) is 11.1 Å². The maximum Gasteiger partial charge on any atom is 0.194 e. The minimum Gasteiger partial charge on any atom is -0.360 e. The second kappa shape index (κ2) is 7.58. The summed E-state index contributed by atoms with van der Waals surface area (Å²) in [4.78, 5) is 16.4. The van der Waals surface area contributed by atoms with E-state index in [0.717, 1.165) is 33.0 Å². The van der Waals surface area contributed by atoms with Gasteiger partial charge in [-0.05, 0) is 67.6 Å². The van der Waals surface area contributed by atoms with Crippen molar-refractivity contribution >= 4 is 22.2 Å². The molecule has 3 rings (SSSR count). The molecule has 28 heavy (non-hydrogen) atoms. The van der Waals surface area contributed by atoms with Crippen molar-refractivity contribution in [2.75, 3.05) is 0 Å². The van der Waals surface area contributed by atoms with Gasteiger partial charge in [0.15, 0.2) is 11.5 Å². The monoisotopic (exact) mass is 371 g/mol. The smallest absolute Gasteiger partial charge is 0.194 e. The Morgan fingerprint density at radius 3 is 2.36 bits per heavy atom. The Morgan fingerprint density at radius 1 is 1.07 bits per heavy atom. The summed E-state index contributed by atoms with van der Waals surface area (Å²) in [7, 11) is 0. The van der Waals surface area contributed by atoms with Crippen LogP contribution in [0, 0.1) is 13.5 Å². The molecule has 0 radical (unpaired) electrons. The number of nitrogens with zero attached hydrogens (tertiary/aromatic N) is 1. The van der Waals surface area contributed by atoms with Crippen molar-refractivity contribution < 1.29 is 9.53 Å². The minimum atomic E-state index is -0.696. The lowest BCUT2D eigenvalue weighted by Gasteiger charge is -2.29. The third kappa shape index (κ3) is 3.83. The van der Waals surface area contributed by atoms with E-state index in [0.29, 0.717) is 5.69 Å². The van der Waals surface area contributed by atoms with Gasteiger partial charge in [0.25, 0.3) is 0 Å². The summed E-state index contributed by atoms with van der Waals surface area (Å²) in [6, 6.07) is 17.7. The van der Waals surface area contributed by atoms with E-state index in [1.807, 2.05) is 70.2 Å². The predicted octanol–water partition coefficient (Wildman–Crippen LogP) is 6.81. The Labute approximate surface area is 166 Å². The van der Waals surface area contributed by atoms with Crippen LogP contribution in [-0.4, -0.2) is 11.4 Å². The van der Waals surface area contributed by atoms with Crippen LogP contribution in [0.2, 0.25) is 0 Å². The molecule has 0 amide bonds. The molecule has 0 aromatic heterocycles. The standard InChI is InChI=1S/C25H25NO2/c1-16-15-18-11-7-8-12-19(18)23(20-13-9-10-14-21(20)26-6)22(16)24(17(2)27)28-25(3,4)5/h7-15,24H,1-5H3/t24-/m1/s1. The van der Waals surface area contributed by atoms with Crippen LogP contribution in [0.1, 0.15) is 44.9 Å². The highest BCUT2D eigenvalue weighted by atomic mass is 16.5. The van der Waals surface area contributed by atoms with Crippen LogP contribution < -0.4 is 0 Å². The van der Waals surface area contributed by atoms with E-state index in [1.165, 1.54) is 0 Å². The van der Waals surface area contributed by atoms with E-state index in [2.05, 4.69) is 17.0 Å². The first-order valence-electron chi connectivity index (χ1n) is 9.40. The maximum absolute atomic E-state index is 12.7. The predicted molar refractivity (Wildman–Crippen MR) is 115 cm³/mol. The van der Waals surface area contributed by atoms with Gasteiger partial charge in [-0.15, -0.1) is 0 Å². The zero-order valence-electron chi connectivity index (χ0n) is 17.0. The average Bonchev–Trinajstić information content (AvgIpc) is 2.64. The lowest BCUT2D eigenvalue weighted by molar-refractivity contribution is -0.138. The molecule has 0 saturated heterocycles. The van der Waals surface area contributed by atoms with Gasteiger partial charge < -0.3 is 4.74 Å². The minimum absolute atomic E-state index is 0.0464.